The molecule has 0 spiro atoms. The van der Waals surface area contributed by atoms with Crippen LogP contribution in [0.15, 0.2) is 30.6 Å². The van der Waals surface area contributed by atoms with Crippen molar-refractivity contribution >= 4 is 11.8 Å². The van der Waals surface area contributed by atoms with Crippen molar-refractivity contribution in [3.63, 3.8) is 0 Å². The Kier molecular flexibility index (Phi) is 6.36. The van der Waals surface area contributed by atoms with Crippen molar-refractivity contribution < 1.29 is 18.7 Å². The number of ether oxygens (including phenoxy) is 1. The first-order valence-corrected chi connectivity index (χ1v) is 10.9. The zero-order valence-electron chi connectivity index (χ0n) is 18.0. The predicted molar refractivity (Wildman–Crippen MR) is 113 cm³/mol. The van der Waals surface area contributed by atoms with Gasteiger partial charge >= 0.3 is 0 Å². The third-order valence-electron chi connectivity index (χ3n) is 6.01. The Balaban J connectivity index is 1.36. The van der Waals surface area contributed by atoms with Crippen LogP contribution in [0.3, 0.4) is 0 Å². The van der Waals surface area contributed by atoms with Crippen molar-refractivity contribution in [2.24, 2.45) is 11.8 Å². The number of benzene rings is 1. The number of hydrogen-bond donors (Lipinski definition) is 1. The number of halogens is 1. The molecule has 0 saturated carbocycles. The number of aromatic nitrogens is 2. The lowest BCUT2D eigenvalue weighted by Gasteiger charge is -2.31. The van der Waals surface area contributed by atoms with Crippen LogP contribution in [0.4, 0.5) is 4.39 Å². The van der Waals surface area contributed by atoms with Gasteiger partial charge in [0, 0.05) is 25.6 Å². The number of rotatable bonds is 5. The summed E-state index contributed by atoms with van der Waals surface area (Å²) in [5, 5.41) is 2.99. The van der Waals surface area contributed by atoms with Crippen LogP contribution in [-0.2, 0) is 22.7 Å². The van der Waals surface area contributed by atoms with Gasteiger partial charge in [-0.2, -0.15) is 0 Å². The minimum atomic E-state index is -0.281. The second-order valence-electron chi connectivity index (χ2n) is 8.75. The maximum absolute atomic E-state index is 13.2. The van der Waals surface area contributed by atoms with E-state index < -0.39 is 0 Å². The average molecular weight is 429 g/mol. The van der Waals surface area contributed by atoms with Crippen LogP contribution in [0.5, 0.6) is 0 Å². The van der Waals surface area contributed by atoms with Crippen LogP contribution in [-0.4, -0.2) is 45.9 Å². The van der Waals surface area contributed by atoms with Gasteiger partial charge in [0.2, 0.25) is 5.91 Å². The molecule has 1 atom stereocenters. The smallest absolute Gasteiger partial charge is 0.274 e. The van der Waals surface area contributed by atoms with Crippen LogP contribution in [0, 0.1) is 17.7 Å². The fourth-order valence-electron chi connectivity index (χ4n) is 4.13. The van der Waals surface area contributed by atoms with Crippen molar-refractivity contribution in [2.45, 2.75) is 45.9 Å². The lowest BCUT2D eigenvalue weighted by atomic mass is 9.95. The number of carbonyl (C=O) groups is 2. The van der Waals surface area contributed by atoms with E-state index in [4.69, 9.17) is 4.74 Å². The first-order valence-electron chi connectivity index (χ1n) is 10.9. The molecule has 0 unspecified atom stereocenters. The zero-order valence-corrected chi connectivity index (χ0v) is 18.0. The molecule has 31 heavy (non-hydrogen) atoms. The lowest BCUT2D eigenvalue weighted by Crippen LogP contribution is -2.44. The van der Waals surface area contributed by atoms with Gasteiger partial charge in [-0.15, -0.1) is 0 Å². The van der Waals surface area contributed by atoms with Crippen molar-refractivity contribution in [1.29, 1.82) is 0 Å². The Morgan fingerprint density at radius 1 is 1.23 bits per heavy atom. The number of nitrogens with zero attached hydrogens (tertiary/aromatic N) is 3. The second kappa shape index (κ2) is 9.18. The standard InChI is InChI=1S/C23H29FN4O3/c1-15(2)11-25-22(29)17-7-9-27(10-8-17)23(30)21-19-13-31-20(12-28(19)14-26-21)16-3-5-18(24)6-4-16/h3-6,14-15,17,20H,7-13H2,1-2H3,(H,25,29)/t20-/m1/s1. The fourth-order valence-corrected chi connectivity index (χ4v) is 4.13. The Morgan fingerprint density at radius 2 is 1.94 bits per heavy atom. The molecular weight excluding hydrogens is 399 g/mol. The maximum atomic E-state index is 13.2. The molecule has 3 heterocycles. The molecular formula is C23H29FN4O3. The van der Waals surface area contributed by atoms with Crippen LogP contribution in [0.1, 0.15) is 54.5 Å². The lowest BCUT2D eigenvalue weighted by molar-refractivity contribution is -0.126. The Bertz CT molecular complexity index is 933. The van der Waals surface area contributed by atoms with E-state index in [-0.39, 0.29) is 36.3 Å². The minimum Gasteiger partial charge on any atom is -0.365 e. The van der Waals surface area contributed by atoms with Gasteiger partial charge < -0.3 is 19.5 Å². The summed E-state index contributed by atoms with van der Waals surface area (Å²) in [6.07, 6.45) is 2.79. The molecule has 2 aromatic rings. The van der Waals surface area contributed by atoms with Gasteiger partial charge in [-0.25, -0.2) is 9.37 Å². The normalized spacial score (nSPS) is 19.4. The SMILES string of the molecule is CC(C)CNC(=O)C1CCN(C(=O)c2ncn3c2CO[C@@H](c2ccc(F)cc2)C3)CC1. The zero-order chi connectivity index (χ0) is 22.0. The van der Waals surface area contributed by atoms with E-state index in [1.54, 1.807) is 23.4 Å². The molecule has 4 rings (SSSR count). The van der Waals surface area contributed by atoms with Gasteiger partial charge in [0.05, 0.1) is 25.2 Å². The number of fused-ring (bicyclic) bond motifs is 1. The summed E-state index contributed by atoms with van der Waals surface area (Å²) in [7, 11) is 0. The second-order valence-corrected chi connectivity index (χ2v) is 8.75. The van der Waals surface area contributed by atoms with E-state index in [0.29, 0.717) is 50.6 Å². The first kappa shape index (κ1) is 21.5. The Labute approximate surface area is 181 Å². The van der Waals surface area contributed by atoms with Crippen LogP contribution in [0.2, 0.25) is 0 Å². The van der Waals surface area contributed by atoms with E-state index in [2.05, 4.69) is 24.1 Å². The Morgan fingerprint density at radius 3 is 2.61 bits per heavy atom. The number of imidazole rings is 1. The topological polar surface area (TPSA) is 76.5 Å². The molecule has 1 aromatic carbocycles. The quantitative estimate of drug-likeness (QED) is 0.795. The van der Waals surface area contributed by atoms with Crippen molar-refractivity contribution in [1.82, 2.24) is 19.8 Å². The highest BCUT2D eigenvalue weighted by atomic mass is 19.1. The van der Waals surface area contributed by atoms with E-state index in [0.717, 1.165) is 11.3 Å². The molecule has 1 fully saturated rings. The van der Waals surface area contributed by atoms with E-state index >= 15 is 0 Å². The molecule has 1 aromatic heterocycles. The van der Waals surface area contributed by atoms with Crippen molar-refractivity contribution in [3.05, 3.63) is 53.4 Å². The van der Waals surface area contributed by atoms with Crippen LogP contribution >= 0.6 is 0 Å². The fraction of sp³-hybridized carbons (Fsp3) is 0.522. The van der Waals surface area contributed by atoms with E-state index in [1.807, 2.05) is 4.57 Å². The molecule has 166 valence electrons. The highest BCUT2D eigenvalue weighted by Crippen LogP contribution is 2.29. The van der Waals surface area contributed by atoms with Gasteiger partial charge in [0.25, 0.3) is 5.91 Å². The number of amides is 2. The van der Waals surface area contributed by atoms with Gasteiger partial charge in [-0.05, 0) is 36.5 Å². The van der Waals surface area contributed by atoms with Gasteiger partial charge in [0.1, 0.15) is 11.9 Å². The molecule has 8 heteroatoms. The maximum Gasteiger partial charge on any atom is 0.274 e. The molecule has 2 aliphatic rings. The number of nitrogens with one attached hydrogen (secondary N) is 1. The number of carbonyl (C=O) groups excluding carboxylic acids is 2. The molecule has 2 aliphatic heterocycles. The third-order valence-corrected chi connectivity index (χ3v) is 6.01. The monoisotopic (exact) mass is 428 g/mol. The van der Waals surface area contributed by atoms with Crippen molar-refractivity contribution in [3.8, 4) is 0 Å². The van der Waals surface area contributed by atoms with Gasteiger partial charge in [-0.3, -0.25) is 9.59 Å². The highest BCUT2D eigenvalue weighted by Gasteiger charge is 2.32. The average Bonchev–Trinajstić information content (AvgIpc) is 3.21. The summed E-state index contributed by atoms with van der Waals surface area (Å²) in [5.41, 5.74) is 2.08. The molecule has 7 nitrogen and oxygen atoms in total. The van der Waals surface area contributed by atoms with Crippen molar-refractivity contribution in [2.75, 3.05) is 19.6 Å². The van der Waals surface area contributed by atoms with Gasteiger partial charge in [-0.1, -0.05) is 26.0 Å². The Hall–Kier alpha value is -2.74. The van der Waals surface area contributed by atoms with E-state index in [9.17, 15) is 14.0 Å². The van der Waals surface area contributed by atoms with Crippen LogP contribution < -0.4 is 5.32 Å². The number of piperidine rings is 1. The molecule has 0 bridgehead atoms. The summed E-state index contributed by atoms with van der Waals surface area (Å²) in [4.78, 5) is 31.5. The molecule has 0 aliphatic carbocycles. The highest BCUT2D eigenvalue weighted by molar-refractivity contribution is 5.93. The summed E-state index contributed by atoms with van der Waals surface area (Å²) in [6.45, 7) is 6.71. The first-order chi connectivity index (χ1) is 14.9. The van der Waals surface area contributed by atoms with Crippen LogP contribution in [0.25, 0.3) is 0 Å². The predicted octanol–water partition coefficient (Wildman–Crippen LogP) is 2.92. The third kappa shape index (κ3) is 4.79. The minimum absolute atomic E-state index is 0.0430. The van der Waals surface area contributed by atoms with E-state index in [1.165, 1.54) is 12.1 Å². The molecule has 1 N–H and O–H groups in total. The summed E-state index contributed by atoms with van der Waals surface area (Å²) in [5.74, 6) is 0.0667. The summed E-state index contributed by atoms with van der Waals surface area (Å²) in [6, 6.07) is 6.28. The summed E-state index contributed by atoms with van der Waals surface area (Å²) >= 11 is 0. The molecule has 2 amide bonds. The molecule has 1 saturated heterocycles. The number of likely N-dealkylation sites (tertiary alicyclic amines) is 1. The van der Waals surface area contributed by atoms with Gasteiger partial charge in [0.15, 0.2) is 5.69 Å². The number of hydrogen-bond acceptors (Lipinski definition) is 4. The largest absolute Gasteiger partial charge is 0.365 e. The summed E-state index contributed by atoms with van der Waals surface area (Å²) < 4.78 is 21.1. The molecule has 0 radical (unpaired) electrons.